The molecule has 6 heteroatoms. The van der Waals surface area contributed by atoms with Crippen molar-refractivity contribution in [3.63, 3.8) is 0 Å². The van der Waals surface area contributed by atoms with Gasteiger partial charge in [0, 0.05) is 30.0 Å². The minimum Gasteiger partial charge on any atom is -0.352 e. The third-order valence-corrected chi connectivity index (χ3v) is 5.44. The maximum Gasteiger partial charge on any atom is 0.174 e. The van der Waals surface area contributed by atoms with E-state index in [0.29, 0.717) is 12.0 Å². The van der Waals surface area contributed by atoms with Crippen molar-refractivity contribution in [1.29, 1.82) is 0 Å². The highest BCUT2D eigenvalue weighted by molar-refractivity contribution is 5.77. The number of imidazole rings is 1. The van der Waals surface area contributed by atoms with Gasteiger partial charge in [-0.2, -0.15) is 0 Å². The largest absolute Gasteiger partial charge is 0.352 e. The lowest BCUT2D eigenvalue weighted by Crippen LogP contribution is -2.58. The highest BCUT2D eigenvalue weighted by atomic mass is 15.5. The van der Waals surface area contributed by atoms with Crippen LogP contribution in [0.15, 0.2) is 42.7 Å². The van der Waals surface area contributed by atoms with E-state index in [2.05, 4.69) is 40.9 Å². The Morgan fingerprint density at radius 1 is 1.24 bits per heavy atom. The van der Waals surface area contributed by atoms with E-state index >= 15 is 0 Å². The summed E-state index contributed by atoms with van der Waals surface area (Å²) in [6.45, 7) is 2.09. The summed E-state index contributed by atoms with van der Waals surface area (Å²) in [6.07, 6.45) is 9.91. The number of anilines is 1. The first kappa shape index (κ1) is 16.2. The van der Waals surface area contributed by atoms with E-state index in [1.165, 1.54) is 5.56 Å². The summed E-state index contributed by atoms with van der Waals surface area (Å²) in [4.78, 5) is 4.48. The summed E-state index contributed by atoms with van der Waals surface area (Å²) >= 11 is 0. The molecule has 1 unspecified atom stereocenters. The van der Waals surface area contributed by atoms with E-state index in [1.807, 2.05) is 23.0 Å². The fourth-order valence-corrected chi connectivity index (χ4v) is 3.89. The average Bonchev–Trinajstić information content (AvgIpc) is 3.05. The van der Waals surface area contributed by atoms with Gasteiger partial charge in [0.15, 0.2) is 5.82 Å². The number of hydrogen-bond donors (Lipinski definition) is 4. The molecular weight excluding hydrogens is 312 g/mol. The minimum atomic E-state index is -0.612. The van der Waals surface area contributed by atoms with Crippen LogP contribution in [-0.4, -0.2) is 21.4 Å². The molecule has 25 heavy (non-hydrogen) atoms. The SMILES string of the molecule is Cc1ccccc1NC1=CC(N)(C2CCC(N)CC2)Nn2ccnc21. The zero-order valence-electron chi connectivity index (χ0n) is 14.6. The van der Waals surface area contributed by atoms with Gasteiger partial charge in [-0.3, -0.25) is 0 Å². The lowest BCUT2D eigenvalue weighted by molar-refractivity contribution is 0.239. The minimum absolute atomic E-state index is 0.306. The molecule has 6 nitrogen and oxygen atoms in total. The van der Waals surface area contributed by atoms with Gasteiger partial charge in [0.1, 0.15) is 5.66 Å². The molecule has 2 heterocycles. The van der Waals surface area contributed by atoms with Crippen LogP contribution in [0, 0.1) is 12.8 Å². The molecule has 0 radical (unpaired) electrons. The van der Waals surface area contributed by atoms with Crippen LogP contribution in [0.2, 0.25) is 0 Å². The number of nitrogens with zero attached hydrogens (tertiary/aromatic N) is 2. The van der Waals surface area contributed by atoms with Crippen LogP contribution in [0.3, 0.4) is 0 Å². The van der Waals surface area contributed by atoms with Crippen molar-refractivity contribution in [3.05, 3.63) is 54.1 Å². The van der Waals surface area contributed by atoms with Crippen molar-refractivity contribution in [2.75, 3.05) is 10.7 Å². The third-order valence-electron chi connectivity index (χ3n) is 5.44. The number of aromatic nitrogens is 2. The Morgan fingerprint density at radius 3 is 2.76 bits per heavy atom. The summed E-state index contributed by atoms with van der Waals surface area (Å²) in [5.74, 6) is 1.19. The van der Waals surface area contributed by atoms with Crippen molar-refractivity contribution in [3.8, 4) is 0 Å². The summed E-state index contributed by atoms with van der Waals surface area (Å²) in [6, 6.07) is 8.54. The molecule has 132 valence electrons. The Bertz CT molecular complexity index is 787. The number of nitrogens with one attached hydrogen (secondary N) is 2. The highest BCUT2D eigenvalue weighted by Gasteiger charge is 2.39. The zero-order valence-corrected chi connectivity index (χ0v) is 14.6. The molecule has 1 saturated carbocycles. The molecule has 2 aliphatic rings. The number of hydrogen-bond acceptors (Lipinski definition) is 5. The molecule has 0 saturated heterocycles. The van der Waals surface area contributed by atoms with Crippen molar-refractivity contribution in [2.45, 2.75) is 44.3 Å². The molecule has 1 atom stereocenters. The Morgan fingerprint density at radius 2 is 2.00 bits per heavy atom. The summed E-state index contributed by atoms with van der Waals surface area (Å²) in [5, 5.41) is 3.53. The quantitative estimate of drug-likeness (QED) is 0.689. The summed E-state index contributed by atoms with van der Waals surface area (Å²) < 4.78 is 1.93. The first-order chi connectivity index (χ1) is 12.0. The molecule has 1 aliphatic heterocycles. The van der Waals surface area contributed by atoms with Gasteiger partial charge < -0.3 is 22.2 Å². The van der Waals surface area contributed by atoms with Gasteiger partial charge in [0.05, 0.1) is 5.70 Å². The van der Waals surface area contributed by atoms with Gasteiger partial charge in [-0.25, -0.2) is 9.66 Å². The molecule has 1 aromatic carbocycles. The van der Waals surface area contributed by atoms with Crippen LogP contribution in [-0.2, 0) is 0 Å². The lowest BCUT2D eigenvalue weighted by atomic mass is 9.78. The monoisotopic (exact) mass is 338 g/mol. The molecule has 4 rings (SSSR count). The predicted octanol–water partition coefficient (Wildman–Crippen LogP) is 2.37. The van der Waals surface area contributed by atoms with Crippen LogP contribution in [0.25, 0.3) is 5.70 Å². The normalized spacial score (nSPS) is 28.7. The molecule has 0 spiro atoms. The molecule has 6 N–H and O–H groups in total. The van der Waals surface area contributed by atoms with E-state index in [4.69, 9.17) is 11.5 Å². The Hall–Kier alpha value is -2.31. The standard InChI is InChI=1S/C19H26N6/c1-13-4-2-3-5-16(13)23-17-12-19(21,14-6-8-15(20)9-7-14)24-25-11-10-22-18(17)25/h2-5,10-12,14-15,23-24H,6-9,20-21H2,1H3. The van der Waals surface area contributed by atoms with Crippen molar-refractivity contribution < 1.29 is 0 Å². The van der Waals surface area contributed by atoms with Crippen LogP contribution < -0.4 is 22.2 Å². The van der Waals surface area contributed by atoms with Crippen molar-refractivity contribution >= 4 is 11.4 Å². The molecule has 1 fully saturated rings. The van der Waals surface area contributed by atoms with E-state index < -0.39 is 5.66 Å². The number of para-hydroxylation sites is 1. The summed E-state index contributed by atoms with van der Waals surface area (Å²) in [7, 11) is 0. The van der Waals surface area contributed by atoms with Gasteiger partial charge >= 0.3 is 0 Å². The molecule has 1 aromatic heterocycles. The Labute approximate surface area is 148 Å². The van der Waals surface area contributed by atoms with E-state index in [9.17, 15) is 0 Å². The van der Waals surface area contributed by atoms with Crippen LogP contribution in [0.1, 0.15) is 37.1 Å². The number of rotatable bonds is 3. The number of aryl methyl sites for hydroxylation is 1. The molecular formula is C19H26N6. The fourth-order valence-electron chi connectivity index (χ4n) is 3.89. The van der Waals surface area contributed by atoms with E-state index in [1.54, 1.807) is 6.20 Å². The van der Waals surface area contributed by atoms with Gasteiger partial charge in [-0.05, 0) is 50.3 Å². The average molecular weight is 338 g/mol. The van der Waals surface area contributed by atoms with Gasteiger partial charge in [-0.1, -0.05) is 18.2 Å². The predicted molar refractivity (Wildman–Crippen MR) is 101 cm³/mol. The second-order valence-corrected chi connectivity index (χ2v) is 7.28. The second kappa shape index (κ2) is 6.20. The Balaban J connectivity index is 1.67. The summed E-state index contributed by atoms with van der Waals surface area (Å²) in [5.41, 5.74) is 18.9. The molecule has 2 aromatic rings. The van der Waals surface area contributed by atoms with E-state index in [-0.39, 0.29) is 0 Å². The smallest absolute Gasteiger partial charge is 0.174 e. The van der Waals surface area contributed by atoms with Crippen LogP contribution >= 0.6 is 0 Å². The second-order valence-electron chi connectivity index (χ2n) is 7.28. The van der Waals surface area contributed by atoms with Crippen LogP contribution in [0.5, 0.6) is 0 Å². The van der Waals surface area contributed by atoms with Gasteiger partial charge in [0.2, 0.25) is 0 Å². The number of nitrogens with two attached hydrogens (primary N) is 2. The number of benzene rings is 1. The van der Waals surface area contributed by atoms with Crippen LogP contribution in [0.4, 0.5) is 5.69 Å². The lowest BCUT2D eigenvalue weighted by Gasteiger charge is -2.42. The van der Waals surface area contributed by atoms with Crippen molar-refractivity contribution in [2.24, 2.45) is 17.4 Å². The first-order valence-electron chi connectivity index (χ1n) is 8.97. The van der Waals surface area contributed by atoms with E-state index in [0.717, 1.165) is 42.9 Å². The Kier molecular flexibility index (Phi) is 4.01. The fraction of sp³-hybridized carbons (Fsp3) is 0.421. The topological polar surface area (TPSA) is 93.9 Å². The highest BCUT2D eigenvalue weighted by Crippen LogP contribution is 2.35. The van der Waals surface area contributed by atoms with Crippen molar-refractivity contribution in [1.82, 2.24) is 9.66 Å². The van der Waals surface area contributed by atoms with Gasteiger partial charge in [0.25, 0.3) is 0 Å². The maximum absolute atomic E-state index is 6.82. The third kappa shape index (κ3) is 3.03. The molecule has 0 bridgehead atoms. The first-order valence-corrected chi connectivity index (χ1v) is 8.97. The zero-order chi connectivity index (χ0) is 17.4. The maximum atomic E-state index is 6.82. The van der Waals surface area contributed by atoms with Gasteiger partial charge in [-0.15, -0.1) is 0 Å². The molecule has 1 aliphatic carbocycles. The number of fused-ring (bicyclic) bond motifs is 1. The molecule has 0 amide bonds.